The topological polar surface area (TPSA) is 46.2 Å². The summed E-state index contributed by atoms with van der Waals surface area (Å²) in [6.45, 7) is 4.08. The highest BCUT2D eigenvalue weighted by Crippen LogP contribution is 2.27. The van der Waals surface area contributed by atoms with Crippen LogP contribution in [0.5, 0.6) is 0 Å². The molecule has 0 radical (unpaired) electrons. The molecule has 0 aliphatic rings. The Balaban J connectivity index is 2.04. The molecule has 0 saturated carbocycles. The fraction of sp³-hybridized carbons (Fsp3) is 0.158. The Kier molecular flexibility index (Phi) is 4.85. The van der Waals surface area contributed by atoms with E-state index in [2.05, 4.69) is 4.72 Å². The summed E-state index contributed by atoms with van der Waals surface area (Å²) in [6, 6.07) is 18.6. The summed E-state index contributed by atoms with van der Waals surface area (Å²) in [5.74, 6) is 0. The van der Waals surface area contributed by atoms with Crippen molar-refractivity contribution in [2.45, 2.75) is 24.1 Å². The lowest BCUT2D eigenvalue weighted by molar-refractivity contribution is 0.574. The lowest BCUT2D eigenvalue weighted by Gasteiger charge is -2.20. The molecule has 0 unspecified atom stereocenters. The van der Waals surface area contributed by atoms with E-state index in [0.717, 1.165) is 16.7 Å². The average molecular weight is 358 g/mol. The van der Waals surface area contributed by atoms with Gasteiger partial charge in [-0.05, 0) is 47.5 Å². The van der Waals surface area contributed by atoms with Crippen LogP contribution >= 0.6 is 11.3 Å². The minimum absolute atomic E-state index is 0.326. The summed E-state index contributed by atoms with van der Waals surface area (Å²) >= 11 is 1.22. The molecule has 3 nitrogen and oxygen atoms in total. The van der Waals surface area contributed by atoms with E-state index >= 15 is 0 Å². The van der Waals surface area contributed by atoms with Crippen LogP contribution in [0.2, 0.25) is 0 Å². The molecule has 0 aliphatic carbocycles. The Bertz CT molecular complexity index is 917. The first kappa shape index (κ1) is 16.9. The van der Waals surface area contributed by atoms with Crippen LogP contribution in [-0.4, -0.2) is 8.42 Å². The highest BCUT2D eigenvalue weighted by atomic mass is 32.2. The summed E-state index contributed by atoms with van der Waals surface area (Å²) in [6.07, 6.45) is 0. The number of sulfonamides is 1. The van der Waals surface area contributed by atoms with E-state index in [0.29, 0.717) is 4.21 Å². The van der Waals surface area contributed by atoms with E-state index < -0.39 is 16.1 Å². The van der Waals surface area contributed by atoms with Crippen molar-refractivity contribution in [2.24, 2.45) is 0 Å². The Morgan fingerprint density at radius 2 is 1.62 bits per heavy atom. The highest BCUT2D eigenvalue weighted by molar-refractivity contribution is 7.91. The first-order valence-electron chi connectivity index (χ1n) is 7.65. The summed E-state index contributed by atoms with van der Waals surface area (Å²) in [5.41, 5.74) is 4.18. The molecule has 24 heavy (non-hydrogen) atoms. The number of rotatable bonds is 5. The standard InChI is InChI=1S/C19H19NO2S2/c1-14-10-11-17(13-15(14)2)19(16-7-4-3-5-8-16)20-24(21,22)18-9-6-12-23-18/h3-13,19-20H,1-2H3/t19-/m0/s1. The van der Waals surface area contributed by atoms with Gasteiger partial charge in [0.2, 0.25) is 0 Å². The number of aryl methyl sites for hydroxylation is 2. The SMILES string of the molecule is Cc1ccc([C@@H](NS(=O)(=O)c2cccs2)c2ccccc2)cc1C. The summed E-state index contributed by atoms with van der Waals surface area (Å²) < 4.78 is 28.6. The molecule has 3 rings (SSSR count). The van der Waals surface area contributed by atoms with Crippen molar-refractivity contribution in [3.8, 4) is 0 Å². The van der Waals surface area contributed by atoms with Crippen molar-refractivity contribution >= 4 is 21.4 Å². The largest absolute Gasteiger partial charge is 0.250 e. The molecule has 1 heterocycles. The molecule has 5 heteroatoms. The van der Waals surface area contributed by atoms with Gasteiger partial charge in [-0.3, -0.25) is 0 Å². The fourth-order valence-electron chi connectivity index (χ4n) is 2.55. The van der Waals surface area contributed by atoms with Crippen LogP contribution in [-0.2, 0) is 10.0 Å². The number of thiophene rings is 1. The van der Waals surface area contributed by atoms with Gasteiger partial charge in [-0.2, -0.15) is 4.72 Å². The summed E-state index contributed by atoms with van der Waals surface area (Å²) in [4.78, 5) is 0. The molecule has 1 N–H and O–H groups in total. The van der Waals surface area contributed by atoms with Gasteiger partial charge in [0.25, 0.3) is 10.0 Å². The molecule has 0 aliphatic heterocycles. The summed E-state index contributed by atoms with van der Waals surface area (Å²) in [5, 5.41) is 1.77. The molecule has 0 saturated heterocycles. The molecule has 1 aromatic heterocycles. The van der Waals surface area contributed by atoms with Crippen molar-refractivity contribution in [2.75, 3.05) is 0 Å². The minimum atomic E-state index is -3.57. The maximum atomic E-state index is 12.7. The Morgan fingerprint density at radius 1 is 0.875 bits per heavy atom. The predicted octanol–water partition coefficient (Wildman–Crippen LogP) is 4.43. The van der Waals surface area contributed by atoms with Crippen LogP contribution in [0, 0.1) is 13.8 Å². The quantitative estimate of drug-likeness (QED) is 0.734. The summed E-state index contributed by atoms with van der Waals surface area (Å²) in [7, 11) is -3.57. The third kappa shape index (κ3) is 3.59. The molecule has 0 amide bonds. The molecule has 2 aromatic carbocycles. The smallest absolute Gasteiger partial charge is 0.206 e. The van der Waals surface area contributed by atoms with Gasteiger partial charge in [0.1, 0.15) is 4.21 Å². The van der Waals surface area contributed by atoms with Gasteiger partial charge < -0.3 is 0 Å². The second-order valence-electron chi connectivity index (χ2n) is 5.74. The van der Waals surface area contributed by atoms with Crippen LogP contribution in [0.4, 0.5) is 0 Å². The third-order valence-corrected chi connectivity index (χ3v) is 6.85. The van der Waals surface area contributed by atoms with Crippen LogP contribution in [0.1, 0.15) is 28.3 Å². The van der Waals surface area contributed by atoms with Crippen LogP contribution in [0.15, 0.2) is 70.3 Å². The first-order chi connectivity index (χ1) is 11.5. The maximum Gasteiger partial charge on any atom is 0.250 e. The van der Waals surface area contributed by atoms with Gasteiger partial charge in [0, 0.05) is 0 Å². The number of hydrogen-bond donors (Lipinski definition) is 1. The lowest BCUT2D eigenvalue weighted by Crippen LogP contribution is -2.29. The number of benzene rings is 2. The molecular weight excluding hydrogens is 338 g/mol. The van der Waals surface area contributed by atoms with Gasteiger partial charge >= 0.3 is 0 Å². The van der Waals surface area contributed by atoms with Crippen molar-refractivity contribution in [3.63, 3.8) is 0 Å². The van der Waals surface area contributed by atoms with E-state index in [-0.39, 0.29) is 0 Å². The number of nitrogens with one attached hydrogen (secondary N) is 1. The van der Waals surface area contributed by atoms with E-state index in [4.69, 9.17) is 0 Å². The molecule has 1 atom stereocenters. The van der Waals surface area contributed by atoms with E-state index in [1.54, 1.807) is 17.5 Å². The molecule has 124 valence electrons. The van der Waals surface area contributed by atoms with Crippen LogP contribution < -0.4 is 4.72 Å². The lowest BCUT2D eigenvalue weighted by atomic mass is 9.96. The highest BCUT2D eigenvalue weighted by Gasteiger charge is 2.23. The monoisotopic (exact) mass is 357 g/mol. The Hall–Kier alpha value is -1.95. The zero-order valence-electron chi connectivity index (χ0n) is 13.6. The number of hydrogen-bond acceptors (Lipinski definition) is 3. The average Bonchev–Trinajstić information content (AvgIpc) is 3.12. The minimum Gasteiger partial charge on any atom is -0.206 e. The molecule has 3 aromatic rings. The normalized spacial score (nSPS) is 12.9. The first-order valence-corrected chi connectivity index (χ1v) is 10.0. The van der Waals surface area contributed by atoms with E-state index in [1.165, 1.54) is 16.9 Å². The second kappa shape index (κ2) is 6.89. The molecule has 0 bridgehead atoms. The van der Waals surface area contributed by atoms with Gasteiger partial charge in [0.15, 0.2) is 0 Å². The van der Waals surface area contributed by atoms with Crippen LogP contribution in [0.3, 0.4) is 0 Å². The van der Waals surface area contributed by atoms with E-state index in [9.17, 15) is 8.42 Å². The zero-order chi connectivity index (χ0) is 17.2. The second-order valence-corrected chi connectivity index (χ2v) is 8.63. The van der Waals surface area contributed by atoms with Gasteiger partial charge in [0.05, 0.1) is 6.04 Å². The Labute approximate surface area is 147 Å². The van der Waals surface area contributed by atoms with Crippen molar-refractivity contribution in [1.82, 2.24) is 4.72 Å². The maximum absolute atomic E-state index is 12.7. The van der Waals surface area contributed by atoms with Crippen LogP contribution in [0.25, 0.3) is 0 Å². The molecule has 0 spiro atoms. The van der Waals surface area contributed by atoms with Crippen molar-refractivity contribution in [3.05, 3.63) is 88.3 Å². The fourth-order valence-corrected chi connectivity index (χ4v) is 4.77. The van der Waals surface area contributed by atoms with Gasteiger partial charge in [-0.15, -0.1) is 11.3 Å². The Morgan fingerprint density at radius 3 is 2.25 bits per heavy atom. The van der Waals surface area contributed by atoms with Gasteiger partial charge in [-0.25, -0.2) is 8.42 Å². The zero-order valence-corrected chi connectivity index (χ0v) is 15.2. The van der Waals surface area contributed by atoms with E-state index in [1.807, 2.05) is 62.4 Å². The van der Waals surface area contributed by atoms with Gasteiger partial charge in [-0.1, -0.05) is 54.6 Å². The third-order valence-electron chi connectivity index (χ3n) is 4.03. The molecular formula is C19H19NO2S2. The predicted molar refractivity (Wildman–Crippen MR) is 98.8 cm³/mol. The van der Waals surface area contributed by atoms with Crippen molar-refractivity contribution < 1.29 is 8.42 Å². The van der Waals surface area contributed by atoms with Crippen molar-refractivity contribution in [1.29, 1.82) is 0 Å². The molecule has 0 fully saturated rings.